The summed E-state index contributed by atoms with van der Waals surface area (Å²) in [6.07, 6.45) is 5.41. The summed E-state index contributed by atoms with van der Waals surface area (Å²) >= 11 is 0. The average molecular weight is 362 g/mol. The highest BCUT2D eigenvalue weighted by Crippen LogP contribution is 2.14. The van der Waals surface area contributed by atoms with Gasteiger partial charge >= 0.3 is 0 Å². The van der Waals surface area contributed by atoms with Crippen LogP contribution in [0.5, 0.6) is 0 Å². The summed E-state index contributed by atoms with van der Waals surface area (Å²) in [5.41, 5.74) is 1.38. The van der Waals surface area contributed by atoms with Gasteiger partial charge in [-0.3, -0.25) is 4.99 Å². The molecular formula is C21H35N3O2. The molecule has 1 aliphatic rings. The fourth-order valence-corrected chi connectivity index (χ4v) is 3.00. The van der Waals surface area contributed by atoms with E-state index in [1.807, 2.05) is 0 Å². The van der Waals surface area contributed by atoms with E-state index in [1.54, 1.807) is 0 Å². The van der Waals surface area contributed by atoms with Crippen LogP contribution in [0.1, 0.15) is 38.2 Å². The average Bonchev–Trinajstić information content (AvgIpc) is 2.69. The van der Waals surface area contributed by atoms with Gasteiger partial charge in [-0.2, -0.15) is 0 Å². The third kappa shape index (κ3) is 9.20. The zero-order valence-corrected chi connectivity index (χ0v) is 16.2. The second-order valence-electron chi connectivity index (χ2n) is 6.76. The Morgan fingerprint density at radius 1 is 1.15 bits per heavy atom. The number of nitrogens with one attached hydrogen (secondary N) is 2. The van der Waals surface area contributed by atoms with Crippen molar-refractivity contribution in [2.45, 2.75) is 39.0 Å². The molecule has 0 bridgehead atoms. The fourth-order valence-electron chi connectivity index (χ4n) is 3.00. The third-order valence-electron chi connectivity index (χ3n) is 4.53. The molecule has 146 valence electrons. The molecule has 2 rings (SSSR count). The molecule has 26 heavy (non-hydrogen) atoms. The number of aryl methyl sites for hydroxylation is 1. The second kappa shape index (κ2) is 13.6. The maximum Gasteiger partial charge on any atom is 0.191 e. The SMILES string of the molecule is CCNC(=NCCCc1ccccc1)NCCCOCC1CCOCC1. The number of aliphatic imine (C=N–C) groups is 1. The van der Waals surface area contributed by atoms with Crippen molar-refractivity contribution < 1.29 is 9.47 Å². The molecule has 1 aromatic rings. The molecule has 0 unspecified atom stereocenters. The van der Waals surface area contributed by atoms with Crippen LogP contribution in [-0.2, 0) is 15.9 Å². The van der Waals surface area contributed by atoms with Crippen LogP contribution in [0.3, 0.4) is 0 Å². The summed E-state index contributed by atoms with van der Waals surface area (Å²) < 4.78 is 11.2. The van der Waals surface area contributed by atoms with Gasteiger partial charge in [0.1, 0.15) is 0 Å². The Morgan fingerprint density at radius 3 is 2.73 bits per heavy atom. The Balaban J connectivity index is 1.53. The van der Waals surface area contributed by atoms with Crippen LogP contribution in [0.15, 0.2) is 35.3 Å². The summed E-state index contributed by atoms with van der Waals surface area (Å²) in [5.74, 6) is 1.59. The zero-order chi connectivity index (χ0) is 18.3. The number of ether oxygens (including phenoxy) is 2. The molecule has 1 aromatic carbocycles. The van der Waals surface area contributed by atoms with Crippen molar-refractivity contribution in [3.63, 3.8) is 0 Å². The lowest BCUT2D eigenvalue weighted by Gasteiger charge is -2.21. The van der Waals surface area contributed by atoms with Gasteiger partial charge in [-0.1, -0.05) is 30.3 Å². The fraction of sp³-hybridized carbons (Fsp3) is 0.667. The highest BCUT2D eigenvalue weighted by Gasteiger charge is 2.13. The van der Waals surface area contributed by atoms with E-state index in [4.69, 9.17) is 9.47 Å². The van der Waals surface area contributed by atoms with E-state index in [1.165, 1.54) is 5.56 Å². The van der Waals surface area contributed by atoms with Crippen LogP contribution in [0.4, 0.5) is 0 Å². The number of hydrogen-bond acceptors (Lipinski definition) is 3. The van der Waals surface area contributed by atoms with Gasteiger partial charge in [-0.25, -0.2) is 0 Å². The molecule has 0 saturated carbocycles. The molecule has 1 aliphatic heterocycles. The molecule has 0 spiro atoms. The Kier molecular flexibility index (Phi) is 10.8. The summed E-state index contributed by atoms with van der Waals surface area (Å²) in [7, 11) is 0. The van der Waals surface area contributed by atoms with E-state index >= 15 is 0 Å². The molecule has 1 fully saturated rings. The number of rotatable bonds is 11. The summed E-state index contributed by atoms with van der Waals surface area (Å²) in [6.45, 7) is 8.16. The minimum atomic E-state index is 0.681. The van der Waals surface area contributed by atoms with E-state index in [9.17, 15) is 0 Å². The molecule has 0 radical (unpaired) electrons. The number of hydrogen-bond donors (Lipinski definition) is 2. The molecule has 1 heterocycles. The summed E-state index contributed by atoms with van der Waals surface area (Å²) in [6, 6.07) is 10.6. The maximum atomic E-state index is 5.81. The Morgan fingerprint density at radius 2 is 1.96 bits per heavy atom. The number of guanidine groups is 1. The highest BCUT2D eigenvalue weighted by molar-refractivity contribution is 5.79. The minimum absolute atomic E-state index is 0.681. The monoisotopic (exact) mass is 361 g/mol. The Bertz CT molecular complexity index is 487. The van der Waals surface area contributed by atoms with Crippen molar-refractivity contribution in [2.75, 3.05) is 46.1 Å². The normalized spacial score (nSPS) is 15.8. The van der Waals surface area contributed by atoms with Crippen molar-refractivity contribution in [3.8, 4) is 0 Å². The first-order valence-electron chi connectivity index (χ1n) is 10.1. The lowest BCUT2D eigenvalue weighted by molar-refractivity contribution is 0.0203. The molecule has 5 heteroatoms. The van der Waals surface area contributed by atoms with Crippen LogP contribution in [-0.4, -0.2) is 52.0 Å². The molecule has 0 aliphatic carbocycles. The third-order valence-corrected chi connectivity index (χ3v) is 4.53. The Hall–Kier alpha value is -1.59. The highest BCUT2D eigenvalue weighted by atomic mass is 16.5. The standard InChI is InChI=1S/C21H35N3O2/c1-2-22-21(23-13-6-10-19-8-4-3-5-9-19)24-14-7-15-26-18-20-11-16-25-17-12-20/h3-5,8-9,20H,2,6-7,10-18H2,1H3,(H2,22,23,24). The molecule has 0 amide bonds. The summed E-state index contributed by atoms with van der Waals surface area (Å²) in [4.78, 5) is 4.66. The first-order valence-corrected chi connectivity index (χ1v) is 10.1. The number of nitrogens with zero attached hydrogens (tertiary/aromatic N) is 1. The first kappa shape index (κ1) is 20.7. The van der Waals surface area contributed by atoms with Crippen LogP contribution >= 0.6 is 0 Å². The lowest BCUT2D eigenvalue weighted by atomic mass is 10.0. The van der Waals surface area contributed by atoms with E-state index in [0.717, 1.165) is 84.1 Å². The smallest absolute Gasteiger partial charge is 0.191 e. The molecule has 1 saturated heterocycles. The van der Waals surface area contributed by atoms with Crippen molar-refractivity contribution in [1.29, 1.82) is 0 Å². The largest absolute Gasteiger partial charge is 0.381 e. The quantitative estimate of drug-likeness (QED) is 0.361. The van der Waals surface area contributed by atoms with Crippen molar-refractivity contribution in [1.82, 2.24) is 10.6 Å². The van der Waals surface area contributed by atoms with Crippen molar-refractivity contribution in [2.24, 2.45) is 10.9 Å². The molecular weight excluding hydrogens is 326 g/mol. The van der Waals surface area contributed by atoms with E-state index in [0.29, 0.717) is 5.92 Å². The molecule has 0 aromatic heterocycles. The summed E-state index contributed by atoms with van der Waals surface area (Å²) in [5, 5.41) is 6.70. The van der Waals surface area contributed by atoms with Crippen LogP contribution in [0.2, 0.25) is 0 Å². The van der Waals surface area contributed by atoms with Gasteiger partial charge in [0, 0.05) is 46.1 Å². The van der Waals surface area contributed by atoms with Gasteiger partial charge in [-0.05, 0) is 50.5 Å². The van der Waals surface area contributed by atoms with Crippen molar-refractivity contribution >= 4 is 5.96 Å². The van der Waals surface area contributed by atoms with Crippen LogP contribution < -0.4 is 10.6 Å². The molecule has 5 nitrogen and oxygen atoms in total. The van der Waals surface area contributed by atoms with Gasteiger partial charge in [0.25, 0.3) is 0 Å². The van der Waals surface area contributed by atoms with Gasteiger partial charge in [0.05, 0.1) is 0 Å². The van der Waals surface area contributed by atoms with E-state index in [2.05, 4.69) is 52.9 Å². The first-order chi connectivity index (χ1) is 12.9. The predicted octanol–water partition coefficient (Wildman–Crippen LogP) is 3.01. The lowest BCUT2D eigenvalue weighted by Crippen LogP contribution is -2.38. The van der Waals surface area contributed by atoms with Crippen molar-refractivity contribution in [3.05, 3.63) is 35.9 Å². The van der Waals surface area contributed by atoms with Gasteiger partial charge in [-0.15, -0.1) is 0 Å². The van der Waals surface area contributed by atoms with Gasteiger partial charge in [0.15, 0.2) is 5.96 Å². The van der Waals surface area contributed by atoms with Crippen LogP contribution in [0.25, 0.3) is 0 Å². The van der Waals surface area contributed by atoms with E-state index in [-0.39, 0.29) is 0 Å². The Labute approximate surface area is 158 Å². The maximum absolute atomic E-state index is 5.81. The topological polar surface area (TPSA) is 54.9 Å². The van der Waals surface area contributed by atoms with Crippen LogP contribution in [0, 0.1) is 5.92 Å². The second-order valence-corrected chi connectivity index (χ2v) is 6.76. The zero-order valence-electron chi connectivity index (χ0n) is 16.2. The number of benzene rings is 1. The minimum Gasteiger partial charge on any atom is -0.381 e. The predicted molar refractivity (Wildman–Crippen MR) is 108 cm³/mol. The van der Waals surface area contributed by atoms with Gasteiger partial charge < -0.3 is 20.1 Å². The molecule has 0 atom stereocenters. The van der Waals surface area contributed by atoms with E-state index < -0.39 is 0 Å². The molecule has 2 N–H and O–H groups in total. The van der Waals surface area contributed by atoms with Gasteiger partial charge in [0.2, 0.25) is 0 Å².